The van der Waals surface area contributed by atoms with Gasteiger partial charge in [0.15, 0.2) is 0 Å². The number of halogens is 1. The first kappa shape index (κ1) is 16.8. The first-order valence-corrected chi connectivity index (χ1v) is 8.94. The maximum absolute atomic E-state index is 12.7. The van der Waals surface area contributed by atoms with Gasteiger partial charge in [0.25, 0.3) is 5.91 Å². The first-order chi connectivity index (χ1) is 11.7. The van der Waals surface area contributed by atoms with E-state index in [4.69, 9.17) is 11.6 Å². The molecule has 0 aromatic heterocycles. The average molecular weight is 343 g/mol. The molecule has 0 unspecified atom stereocenters. The number of carbonyl (C=O) groups excluding carboxylic acids is 1. The van der Waals surface area contributed by atoms with E-state index < -0.39 is 0 Å². The zero-order chi connectivity index (χ0) is 16.9. The molecular formula is C20H23ClN2O. The van der Waals surface area contributed by atoms with Crippen molar-refractivity contribution in [3.63, 3.8) is 0 Å². The van der Waals surface area contributed by atoms with Crippen LogP contribution in [-0.2, 0) is 6.42 Å². The molecular weight excluding hydrogens is 320 g/mol. The van der Waals surface area contributed by atoms with E-state index >= 15 is 0 Å². The molecule has 1 amide bonds. The summed E-state index contributed by atoms with van der Waals surface area (Å²) >= 11 is 6.07. The Morgan fingerprint density at radius 3 is 2.38 bits per heavy atom. The van der Waals surface area contributed by atoms with Gasteiger partial charge < -0.3 is 9.80 Å². The molecule has 1 aliphatic rings. The summed E-state index contributed by atoms with van der Waals surface area (Å²) in [6, 6.07) is 15.9. The molecule has 0 aliphatic carbocycles. The number of hydrogen-bond acceptors (Lipinski definition) is 2. The van der Waals surface area contributed by atoms with Gasteiger partial charge in [-0.1, -0.05) is 43.1 Å². The van der Waals surface area contributed by atoms with Crippen molar-refractivity contribution in [2.45, 2.75) is 19.8 Å². The maximum Gasteiger partial charge on any atom is 0.253 e. The lowest BCUT2D eigenvalue weighted by molar-refractivity contribution is 0.0747. The average Bonchev–Trinajstić information content (AvgIpc) is 2.62. The largest absolute Gasteiger partial charge is 0.368 e. The van der Waals surface area contributed by atoms with Crippen LogP contribution >= 0.6 is 11.6 Å². The van der Waals surface area contributed by atoms with E-state index in [9.17, 15) is 4.79 Å². The third-order valence-electron chi connectivity index (χ3n) is 4.48. The molecule has 3 nitrogen and oxygen atoms in total. The lowest BCUT2D eigenvalue weighted by Crippen LogP contribution is -2.48. The molecule has 2 aromatic carbocycles. The number of anilines is 1. The topological polar surface area (TPSA) is 23.6 Å². The van der Waals surface area contributed by atoms with E-state index in [1.54, 1.807) is 0 Å². The highest BCUT2D eigenvalue weighted by Crippen LogP contribution is 2.21. The van der Waals surface area contributed by atoms with Gasteiger partial charge in [0.05, 0.1) is 0 Å². The molecule has 0 N–H and O–H groups in total. The van der Waals surface area contributed by atoms with Gasteiger partial charge in [0, 0.05) is 42.5 Å². The standard InChI is InChI=1S/C20H23ClN2O/c1-2-4-16-7-9-17(10-8-16)20(24)23-13-11-22(12-14-23)19-6-3-5-18(21)15-19/h3,5-10,15H,2,4,11-14H2,1H3. The Labute approximate surface area is 148 Å². The first-order valence-electron chi connectivity index (χ1n) is 8.56. The van der Waals surface area contributed by atoms with Gasteiger partial charge in [-0.2, -0.15) is 0 Å². The van der Waals surface area contributed by atoms with Crippen molar-refractivity contribution in [3.05, 3.63) is 64.7 Å². The molecule has 0 bridgehead atoms. The normalized spacial score (nSPS) is 14.8. The van der Waals surface area contributed by atoms with Crippen LogP contribution in [0.3, 0.4) is 0 Å². The van der Waals surface area contributed by atoms with E-state index in [1.807, 2.05) is 35.2 Å². The van der Waals surface area contributed by atoms with Gasteiger partial charge in [0.2, 0.25) is 0 Å². The van der Waals surface area contributed by atoms with E-state index in [0.29, 0.717) is 0 Å². The molecule has 1 fully saturated rings. The molecule has 2 aromatic rings. The minimum atomic E-state index is 0.129. The number of rotatable bonds is 4. The van der Waals surface area contributed by atoms with E-state index in [-0.39, 0.29) is 5.91 Å². The van der Waals surface area contributed by atoms with Gasteiger partial charge in [-0.05, 0) is 42.3 Å². The molecule has 3 rings (SSSR count). The Balaban J connectivity index is 1.60. The maximum atomic E-state index is 12.7. The number of hydrogen-bond donors (Lipinski definition) is 0. The molecule has 24 heavy (non-hydrogen) atoms. The Kier molecular flexibility index (Phi) is 5.41. The van der Waals surface area contributed by atoms with Crippen LogP contribution in [0.4, 0.5) is 5.69 Å². The third kappa shape index (κ3) is 3.90. The van der Waals surface area contributed by atoms with Crippen LogP contribution in [0.2, 0.25) is 5.02 Å². The molecule has 1 saturated heterocycles. The summed E-state index contributed by atoms with van der Waals surface area (Å²) in [7, 11) is 0. The van der Waals surface area contributed by atoms with Crippen molar-refractivity contribution < 1.29 is 4.79 Å². The van der Waals surface area contributed by atoms with Gasteiger partial charge in [-0.15, -0.1) is 0 Å². The number of amides is 1. The molecule has 1 heterocycles. The van der Waals surface area contributed by atoms with Crippen molar-refractivity contribution in [2.24, 2.45) is 0 Å². The fourth-order valence-corrected chi connectivity index (χ4v) is 3.31. The molecule has 0 radical (unpaired) electrons. The lowest BCUT2D eigenvalue weighted by Gasteiger charge is -2.36. The predicted octanol–water partition coefficient (Wildman–Crippen LogP) is 4.25. The highest BCUT2D eigenvalue weighted by Gasteiger charge is 2.22. The van der Waals surface area contributed by atoms with Crippen LogP contribution in [0.1, 0.15) is 29.3 Å². The Morgan fingerprint density at radius 2 is 1.75 bits per heavy atom. The Hall–Kier alpha value is -2.00. The monoisotopic (exact) mass is 342 g/mol. The molecule has 4 heteroatoms. The summed E-state index contributed by atoms with van der Waals surface area (Å²) in [6.45, 7) is 5.31. The minimum Gasteiger partial charge on any atom is -0.368 e. The van der Waals surface area contributed by atoms with E-state index in [0.717, 1.165) is 55.3 Å². The van der Waals surface area contributed by atoms with E-state index in [1.165, 1.54) is 5.56 Å². The quantitative estimate of drug-likeness (QED) is 0.829. The van der Waals surface area contributed by atoms with Crippen molar-refractivity contribution in [1.29, 1.82) is 0 Å². The molecule has 126 valence electrons. The van der Waals surface area contributed by atoms with Crippen molar-refractivity contribution in [2.75, 3.05) is 31.1 Å². The zero-order valence-electron chi connectivity index (χ0n) is 14.0. The Bertz CT molecular complexity index is 691. The zero-order valence-corrected chi connectivity index (χ0v) is 14.8. The fraction of sp³-hybridized carbons (Fsp3) is 0.350. The number of piperazine rings is 1. The van der Waals surface area contributed by atoms with Gasteiger partial charge >= 0.3 is 0 Å². The summed E-state index contributed by atoms with van der Waals surface area (Å²) in [6.07, 6.45) is 2.19. The highest BCUT2D eigenvalue weighted by atomic mass is 35.5. The summed E-state index contributed by atoms with van der Waals surface area (Å²) in [4.78, 5) is 16.9. The smallest absolute Gasteiger partial charge is 0.253 e. The molecule has 1 aliphatic heterocycles. The number of aryl methyl sites for hydroxylation is 1. The van der Waals surface area contributed by atoms with Gasteiger partial charge in [0.1, 0.15) is 0 Å². The fourth-order valence-electron chi connectivity index (χ4n) is 3.13. The van der Waals surface area contributed by atoms with Crippen LogP contribution in [0.15, 0.2) is 48.5 Å². The second-order valence-corrected chi connectivity index (χ2v) is 6.64. The summed E-state index contributed by atoms with van der Waals surface area (Å²) in [5.41, 5.74) is 3.20. The number of benzene rings is 2. The lowest BCUT2D eigenvalue weighted by atomic mass is 10.1. The van der Waals surface area contributed by atoms with Crippen LogP contribution in [-0.4, -0.2) is 37.0 Å². The molecule has 0 spiro atoms. The van der Waals surface area contributed by atoms with Crippen molar-refractivity contribution in [3.8, 4) is 0 Å². The number of nitrogens with zero attached hydrogens (tertiary/aromatic N) is 2. The van der Waals surface area contributed by atoms with Crippen LogP contribution in [0.5, 0.6) is 0 Å². The molecule has 0 atom stereocenters. The second-order valence-electron chi connectivity index (χ2n) is 6.21. The van der Waals surface area contributed by atoms with Crippen LogP contribution in [0, 0.1) is 0 Å². The van der Waals surface area contributed by atoms with Crippen LogP contribution < -0.4 is 4.90 Å². The predicted molar refractivity (Wildman–Crippen MR) is 100 cm³/mol. The summed E-state index contributed by atoms with van der Waals surface area (Å²) in [5.74, 6) is 0.129. The number of carbonyl (C=O) groups is 1. The Morgan fingerprint density at radius 1 is 1.04 bits per heavy atom. The second kappa shape index (κ2) is 7.71. The van der Waals surface area contributed by atoms with Gasteiger partial charge in [-0.25, -0.2) is 0 Å². The third-order valence-corrected chi connectivity index (χ3v) is 4.71. The highest BCUT2D eigenvalue weighted by molar-refractivity contribution is 6.30. The summed E-state index contributed by atoms with van der Waals surface area (Å²) < 4.78 is 0. The van der Waals surface area contributed by atoms with Crippen molar-refractivity contribution in [1.82, 2.24) is 4.90 Å². The van der Waals surface area contributed by atoms with Crippen molar-refractivity contribution >= 4 is 23.2 Å². The van der Waals surface area contributed by atoms with Gasteiger partial charge in [-0.3, -0.25) is 4.79 Å². The minimum absolute atomic E-state index is 0.129. The summed E-state index contributed by atoms with van der Waals surface area (Å²) in [5, 5.41) is 0.748. The van der Waals surface area contributed by atoms with Crippen LogP contribution in [0.25, 0.3) is 0 Å². The van der Waals surface area contributed by atoms with E-state index in [2.05, 4.69) is 30.0 Å². The molecule has 0 saturated carbocycles. The SMILES string of the molecule is CCCc1ccc(C(=O)N2CCN(c3cccc(Cl)c3)CC2)cc1.